The molecule has 0 heterocycles. The van der Waals surface area contributed by atoms with Crippen LogP contribution in [0.15, 0.2) is 24.3 Å². The molecule has 0 atom stereocenters. The fourth-order valence-corrected chi connectivity index (χ4v) is 2.09. The molecule has 0 aliphatic carbocycles. The molecule has 2 N–H and O–H groups in total. The van der Waals surface area contributed by atoms with Gasteiger partial charge < -0.3 is 15.3 Å². The molecule has 108 valence electrons. The largest absolute Gasteiger partial charge is 0.396 e. The summed E-state index contributed by atoms with van der Waals surface area (Å²) in [6.45, 7) is 9.02. The molecule has 3 nitrogen and oxygen atoms in total. The summed E-state index contributed by atoms with van der Waals surface area (Å²) in [7, 11) is 0. The molecule has 0 spiro atoms. The lowest BCUT2D eigenvalue weighted by atomic mass is 10.1. The highest BCUT2D eigenvalue weighted by Crippen LogP contribution is 2.10. The van der Waals surface area contributed by atoms with E-state index < -0.39 is 0 Å². The first-order chi connectivity index (χ1) is 9.30. The fourth-order valence-electron chi connectivity index (χ4n) is 2.09. The zero-order chi connectivity index (χ0) is 13.9. The first-order valence-electron chi connectivity index (χ1n) is 7.46. The number of hydrogen-bond donors (Lipinski definition) is 2. The van der Waals surface area contributed by atoms with Crippen LogP contribution in [0.1, 0.15) is 32.3 Å². The van der Waals surface area contributed by atoms with Crippen LogP contribution in [0.3, 0.4) is 0 Å². The summed E-state index contributed by atoms with van der Waals surface area (Å²) in [5, 5.41) is 12.1. The van der Waals surface area contributed by atoms with Crippen molar-refractivity contribution in [2.75, 3.05) is 38.1 Å². The summed E-state index contributed by atoms with van der Waals surface area (Å²) < 4.78 is 0. The Labute approximate surface area is 117 Å². The topological polar surface area (TPSA) is 35.5 Å². The van der Waals surface area contributed by atoms with Crippen molar-refractivity contribution in [1.82, 2.24) is 4.90 Å². The smallest absolute Gasteiger partial charge is 0.0431 e. The Morgan fingerprint density at radius 1 is 1.05 bits per heavy atom. The van der Waals surface area contributed by atoms with Crippen molar-refractivity contribution in [2.24, 2.45) is 0 Å². The summed E-state index contributed by atoms with van der Waals surface area (Å²) in [5.74, 6) is 0. The second-order valence-corrected chi connectivity index (χ2v) is 4.83. The Bertz CT molecular complexity index is 320. The van der Waals surface area contributed by atoms with Gasteiger partial charge in [0, 0.05) is 25.4 Å². The van der Waals surface area contributed by atoms with Gasteiger partial charge in [-0.25, -0.2) is 0 Å². The summed E-state index contributed by atoms with van der Waals surface area (Å²) in [5.41, 5.74) is 2.57. The van der Waals surface area contributed by atoms with E-state index >= 15 is 0 Å². The number of aliphatic hydroxyl groups is 1. The third-order valence-electron chi connectivity index (χ3n) is 3.48. The van der Waals surface area contributed by atoms with Crippen LogP contribution in [0.5, 0.6) is 0 Å². The van der Waals surface area contributed by atoms with Gasteiger partial charge in [-0.2, -0.15) is 0 Å². The quantitative estimate of drug-likeness (QED) is 0.638. The number of nitrogens with zero attached hydrogens (tertiary/aromatic N) is 1. The number of benzene rings is 1. The van der Waals surface area contributed by atoms with Crippen LogP contribution in [-0.4, -0.2) is 42.8 Å². The minimum absolute atomic E-state index is 0.284. The average Bonchev–Trinajstić information content (AvgIpc) is 2.46. The second kappa shape index (κ2) is 9.82. The summed E-state index contributed by atoms with van der Waals surface area (Å²) in [4.78, 5) is 2.45. The Morgan fingerprint density at radius 2 is 1.74 bits per heavy atom. The number of anilines is 1. The molecule has 19 heavy (non-hydrogen) atoms. The molecular formula is C16H28N2O. The first-order valence-corrected chi connectivity index (χ1v) is 7.46. The molecule has 0 fully saturated rings. The van der Waals surface area contributed by atoms with Gasteiger partial charge in [-0.05, 0) is 50.0 Å². The van der Waals surface area contributed by atoms with Crippen molar-refractivity contribution >= 4 is 5.69 Å². The van der Waals surface area contributed by atoms with Crippen molar-refractivity contribution < 1.29 is 5.11 Å². The third kappa shape index (κ3) is 6.60. The molecule has 0 aromatic heterocycles. The number of rotatable bonds is 10. The monoisotopic (exact) mass is 264 g/mol. The Hall–Kier alpha value is -1.06. The molecule has 0 amide bonds. The standard InChI is InChI=1S/C16H28N2O/c1-3-18(4-2)13-11-15-7-9-16(10-8-15)17-12-5-6-14-19/h7-10,17,19H,3-6,11-14H2,1-2H3. The predicted octanol–water partition coefficient (Wildman–Crippen LogP) is 2.76. The van der Waals surface area contributed by atoms with Crippen LogP contribution in [0.2, 0.25) is 0 Å². The highest BCUT2D eigenvalue weighted by molar-refractivity contribution is 5.44. The molecule has 0 saturated heterocycles. The Kier molecular flexibility index (Phi) is 8.26. The van der Waals surface area contributed by atoms with Crippen molar-refractivity contribution in [3.63, 3.8) is 0 Å². The summed E-state index contributed by atoms with van der Waals surface area (Å²) >= 11 is 0. The maximum atomic E-state index is 8.71. The van der Waals surface area contributed by atoms with Crippen LogP contribution < -0.4 is 5.32 Å². The molecular weight excluding hydrogens is 236 g/mol. The van der Waals surface area contributed by atoms with Crippen LogP contribution >= 0.6 is 0 Å². The van der Waals surface area contributed by atoms with E-state index in [0.29, 0.717) is 0 Å². The number of aliphatic hydroxyl groups excluding tert-OH is 1. The predicted molar refractivity (Wildman–Crippen MR) is 82.7 cm³/mol. The van der Waals surface area contributed by atoms with Crippen molar-refractivity contribution in [3.05, 3.63) is 29.8 Å². The van der Waals surface area contributed by atoms with Gasteiger partial charge in [0.1, 0.15) is 0 Å². The summed E-state index contributed by atoms with van der Waals surface area (Å²) in [6.07, 6.45) is 3.00. The van der Waals surface area contributed by atoms with Gasteiger partial charge in [0.2, 0.25) is 0 Å². The zero-order valence-electron chi connectivity index (χ0n) is 12.4. The number of nitrogens with one attached hydrogen (secondary N) is 1. The molecule has 0 radical (unpaired) electrons. The van der Waals surface area contributed by atoms with Crippen molar-refractivity contribution in [1.29, 1.82) is 0 Å². The number of unbranched alkanes of at least 4 members (excludes halogenated alkanes) is 1. The SMILES string of the molecule is CCN(CC)CCc1ccc(NCCCCO)cc1. The molecule has 0 saturated carbocycles. The van der Waals surface area contributed by atoms with Crippen LogP contribution in [0, 0.1) is 0 Å². The maximum Gasteiger partial charge on any atom is 0.0431 e. The molecule has 3 heteroatoms. The molecule has 1 aromatic rings. The van der Waals surface area contributed by atoms with E-state index in [2.05, 4.69) is 48.3 Å². The molecule has 1 aromatic carbocycles. The number of hydrogen-bond acceptors (Lipinski definition) is 3. The second-order valence-electron chi connectivity index (χ2n) is 4.83. The van der Waals surface area contributed by atoms with Crippen molar-refractivity contribution in [2.45, 2.75) is 33.1 Å². The van der Waals surface area contributed by atoms with Gasteiger partial charge in [0.05, 0.1) is 0 Å². The van der Waals surface area contributed by atoms with E-state index in [0.717, 1.165) is 45.4 Å². The minimum Gasteiger partial charge on any atom is -0.396 e. The van der Waals surface area contributed by atoms with E-state index in [4.69, 9.17) is 5.11 Å². The highest BCUT2D eigenvalue weighted by atomic mass is 16.2. The van der Waals surface area contributed by atoms with E-state index in [-0.39, 0.29) is 6.61 Å². The minimum atomic E-state index is 0.284. The van der Waals surface area contributed by atoms with Gasteiger partial charge in [-0.3, -0.25) is 0 Å². The Balaban J connectivity index is 2.30. The lowest BCUT2D eigenvalue weighted by Crippen LogP contribution is -2.25. The Morgan fingerprint density at radius 3 is 2.32 bits per heavy atom. The normalized spacial score (nSPS) is 10.9. The summed E-state index contributed by atoms with van der Waals surface area (Å²) in [6, 6.07) is 8.71. The molecule has 0 bridgehead atoms. The van der Waals surface area contributed by atoms with E-state index in [1.807, 2.05) is 0 Å². The van der Waals surface area contributed by atoms with Gasteiger partial charge >= 0.3 is 0 Å². The van der Waals surface area contributed by atoms with Crippen LogP contribution in [0.4, 0.5) is 5.69 Å². The third-order valence-corrected chi connectivity index (χ3v) is 3.48. The van der Waals surface area contributed by atoms with Crippen molar-refractivity contribution in [3.8, 4) is 0 Å². The molecule has 0 aliphatic rings. The lowest BCUT2D eigenvalue weighted by Gasteiger charge is -2.17. The fraction of sp³-hybridized carbons (Fsp3) is 0.625. The van der Waals surface area contributed by atoms with Crippen LogP contribution in [-0.2, 0) is 6.42 Å². The van der Waals surface area contributed by atoms with E-state index in [1.54, 1.807) is 0 Å². The number of likely N-dealkylation sites (N-methyl/N-ethyl adjacent to an activating group) is 1. The average molecular weight is 264 g/mol. The van der Waals surface area contributed by atoms with E-state index in [9.17, 15) is 0 Å². The van der Waals surface area contributed by atoms with Gasteiger partial charge in [0.15, 0.2) is 0 Å². The van der Waals surface area contributed by atoms with Gasteiger partial charge in [-0.1, -0.05) is 26.0 Å². The molecule has 0 unspecified atom stereocenters. The van der Waals surface area contributed by atoms with Crippen LogP contribution in [0.25, 0.3) is 0 Å². The van der Waals surface area contributed by atoms with Gasteiger partial charge in [-0.15, -0.1) is 0 Å². The zero-order valence-corrected chi connectivity index (χ0v) is 12.4. The molecule has 1 rings (SSSR count). The first kappa shape index (κ1) is 16.0. The van der Waals surface area contributed by atoms with E-state index in [1.165, 1.54) is 11.3 Å². The lowest BCUT2D eigenvalue weighted by molar-refractivity contribution is 0.286. The maximum absolute atomic E-state index is 8.71. The highest BCUT2D eigenvalue weighted by Gasteiger charge is 2.00. The van der Waals surface area contributed by atoms with Gasteiger partial charge in [0.25, 0.3) is 0 Å². The molecule has 0 aliphatic heterocycles.